The molecule has 0 amide bonds. The zero-order valence-electron chi connectivity index (χ0n) is 11.7. The lowest BCUT2D eigenvalue weighted by atomic mass is 9.89. The second-order valence-corrected chi connectivity index (χ2v) is 6.14. The third-order valence-corrected chi connectivity index (χ3v) is 4.16. The Kier molecular flexibility index (Phi) is 4.45. The van der Waals surface area contributed by atoms with Gasteiger partial charge in [0.1, 0.15) is 0 Å². The Labute approximate surface area is 106 Å². The molecule has 1 aliphatic heterocycles. The van der Waals surface area contributed by atoms with Crippen molar-refractivity contribution in [3.8, 4) is 0 Å². The Morgan fingerprint density at radius 2 is 1.94 bits per heavy atom. The SMILES string of the molecule is CCNC1CCC(N2CCOC(C)(C)C2)CC1. The summed E-state index contributed by atoms with van der Waals surface area (Å²) < 4.78 is 5.79. The minimum Gasteiger partial charge on any atom is -0.373 e. The summed E-state index contributed by atoms with van der Waals surface area (Å²) in [5.41, 5.74) is 0.0523. The van der Waals surface area contributed by atoms with Gasteiger partial charge in [0.05, 0.1) is 12.2 Å². The van der Waals surface area contributed by atoms with Gasteiger partial charge >= 0.3 is 0 Å². The zero-order valence-corrected chi connectivity index (χ0v) is 11.7. The number of rotatable bonds is 3. The first-order valence-electron chi connectivity index (χ1n) is 7.22. The molecule has 1 heterocycles. The van der Waals surface area contributed by atoms with E-state index in [1.165, 1.54) is 25.7 Å². The van der Waals surface area contributed by atoms with Crippen molar-refractivity contribution in [1.82, 2.24) is 10.2 Å². The number of hydrogen-bond donors (Lipinski definition) is 1. The van der Waals surface area contributed by atoms with E-state index >= 15 is 0 Å². The maximum Gasteiger partial charge on any atom is 0.0753 e. The first-order valence-corrected chi connectivity index (χ1v) is 7.22. The van der Waals surface area contributed by atoms with Gasteiger partial charge in [-0.2, -0.15) is 0 Å². The Bertz CT molecular complexity index is 234. The van der Waals surface area contributed by atoms with Gasteiger partial charge in [-0.05, 0) is 46.1 Å². The summed E-state index contributed by atoms with van der Waals surface area (Å²) in [5, 5.41) is 3.58. The largest absolute Gasteiger partial charge is 0.373 e. The zero-order chi connectivity index (χ0) is 12.3. The van der Waals surface area contributed by atoms with Crippen LogP contribution in [0.3, 0.4) is 0 Å². The van der Waals surface area contributed by atoms with Crippen molar-refractivity contribution in [2.75, 3.05) is 26.2 Å². The highest BCUT2D eigenvalue weighted by Gasteiger charge is 2.33. The van der Waals surface area contributed by atoms with Crippen molar-refractivity contribution in [2.45, 2.75) is 64.1 Å². The van der Waals surface area contributed by atoms with Crippen LogP contribution in [0.2, 0.25) is 0 Å². The van der Waals surface area contributed by atoms with Gasteiger partial charge in [0.15, 0.2) is 0 Å². The van der Waals surface area contributed by atoms with Crippen LogP contribution in [0, 0.1) is 0 Å². The van der Waals surface area contributed by atoms with Crippen LogP contribution in [0.5, 0.6) is 0 Å². The van der Waals surface area contributed by atoms with Gasteiger partial charge in [-0.1, -0.05) is 6.92 Å². The van der Waals surface area contributed by atoms with Crippen LogP contribution in [0.4, 0.5) is 0 Å². The summed E-state index contributed by atoms with van der Waals surface area (Å²) in [5.74, 6) is 0. The van der Waals surface area contributed by atoms with Crippen LogP contribution in [0.1, 0.15) is 46.5 Å². The molecule has 17 heavy (non-hydrogen) atoms. The molecular formula is C14H28N2O. The molecule has 0 unspecified atom stereocenters. The second-order valence-electron chi connectivity index (χ2n) is 6.14. The van der Waals surface area contributed by atoms with Crippen molar-refractivity contribution in [3.05, 3.63) is 0 Å². The van der Waals surface area contributed by atoms with Crippen molar-refractivity contribution in [3.63, 3.8) is 0 Å². The Morgan fingerprint density at radius 1 is 1.24 bits per heavy atom. The van der Waals surface area contributed by atoms with Gasteiger partial charge < -0.3 is 10.1 Å². The summed E-state index contributed by atoms with van der Waals surface area (Å²) in [7, 11) is 0. The van der Waals surface area contributed by atoms with Crippen LogP contribution in [0.25, 0.3) is 0 Å². The van der Waals surface area contributed by atoms with E-state index in [9.17, 15) is 0 Å². The summed E-state index contributed by atoms with van der Waals surface area (Å²) in [6.45, 7) is 10.9. The fraction of sp³-hybridized carbons (Fsp3) is 1.00. The normalized spacial score (nSPS) is 34.8. The standard InChI is InChI=1S/C14H28N2O/c1-4-15-12-5-7-13(8-6-12)16-9-10-17-14(2,3)11-16/h12-13,15H,4-11H2,1-3H3. The minimum absolute atomic E-state index is 0.0523. The molecule has 3 heteroatoms. The van der Waals surface area contributed by atoms with E-state index in [-0.39, 0.29) is 5.60 Å². The molecule has 100 valence electrons. The molecule has 2 fully saturated rings. The molecule has 1 saturated heterocycles. The smallest absolute Gasteiger partial charge is 0.0753 e. The number of nitrogens with one attached hydrogen (secondary N) is 1. The van der Waals surface area contributed by atoms with Crippen LogP contribution in [-0.4, -0.2) is 48.8 Å². The first kappa shape index (κ1) is 13.3. The Balaban J connectivity index is 1.80. The van der Waals surface area contributed by atoms with E-state index in [4.69, 9.17) is 4.74 Å². The topological polar surface area (TPSA) is 24.5 Å². The van der Waals surface area contributed by atoms with Gasteiger partial charge in [-0.3, -0.25) is 4.90 Å². The second kappa shape index (κ2) is 5.68. The molecule has 2 rings (SSSR count). The van der Waals surface area contributed by atoms with Crippen molar-refractivity contribution < 1.29 is 4.74 Å². The molecule has 0 bridgehead atoms. The number of morpholine rings is 1. The molecule has 2 aliphatic rings. The van der Waals surface area contributed by atoms with Crippen LogP contribution in [-0.2, 0) is 4.74 Å². The van der Waals surface area contributed by atoms with Gasteiger partial charge in [0.25, 0.3) is 0 Å². The average Bonchev–Trinajstić information content (AvgIpc) is 2.29. The molecule has 0 aromatic rings. The molecule has 3 nitrogen and oxygen atoms in total. The fourth-order valence-corrected chi connectivity index (χ4v) is 3.30. The number of hydrogen-bond acceptors (Lipinski definition) is 3. The highest BCUT2D eigenvalue weighted by atomic mass is 16.5. The Hall–Kier alpha value is -0.120. The molecule has 1 N–H and O–H groups in total. The highest BCUT2D eigenvalue weighted by Crippen LogP contribution is 2.27. The maximum absolute atomic E-state index is 5.79. The molecule has 0 atom stereocenters. The molecular weight excluding hydrogens is 212 g/mol. The van der Waals surface area contributed by atoms with Gasteiger partial charge in [-0.15, -0.1) is 0 Å². The summed E-state index contributed by atoms with van der Waals surface area (Å²) in [6.07, 6.45) is 5.40. The van der Waals surface area contributed by atoms with E-state index in [0.29, 0.717) is 0 Å². The number of nitrogens with zero attached hydrogens (tertiary/aromatic N) is 1. The van der Waals surface area contributed by atoms with Crippen LogP contribution >= 0.6 is 0 Å². The third-order valence-electron chi connectivity index (χ3n) is 4.16. The van der Waals surface area contributed by atoms with Crippen molar-refractivity contribution >= 4 is 0 Å². The van der Waals surface area contributed by atoms with E-state index in [0.717, 1.165) is 38.3 Å². The van der Waals surface area contributed by atoms with Gasteiger partial charge in [-0.25, -0.2) is 0 Å². The quantitative estimate of drug-likeness (QED) is 0.817. The fourth-order valence-electron chi connectivity index (χ4n) is 3.30. The molecule has 0 aromatic heterocycles. The number of ether oxygens (including phenoxy) is 1. The Morgan fingerprint density at radius 3 is 2.53 bits per heavy atom. The minimum atomic E-state index is 0.0523. The van der Waals surface area contributed by atoms with E-state index in [1.807, 2.05) is 0 Å². The molecule has 0 aromatic carbocycles. The monoisotopic (exact) mass is 240 g/mol. The summed E-state index contributed by atoms with van der Waals surface area (Å²) >= 11 is 0. The molecule has 0 radical (unpaired) electrons. The van der Waals surface area contributed by atoms with Crippen molar-refractivity contribution in [2.24, 2.45) is 0 Å². The predicted molar refractivity (Wildman–Crippen MR) is 71.3 cm³/mol. The van der Waals surface area contributed by atoms with Crippen LogP contribution in [0.15, 0.2) is 0 Å². The maximum atomic E-state index is 5.79. The van der Waals surface area contributed by atoms with Gasteiger partial charge in [0.2, 0.25) is 0 Å². The van der Waals surface area contributed by atoms with Gasteiger partial charge in [0, 0.05) is 25.2 Å². The lowest BCUT2D eigenvalue weighted by molar-refractivity contribution is -0.101. The molecule has 1 aliphatic carbocycles. The molecule has 1 saturated carbocycles. The lowest BCUT2D eigenvalue weighted by Crippen LogP contribution is -2.53. The molecule has 0 spiro atoms. The van der Waals surface area contributed by atoms with Crippen molar-refractivity contribution in [1.29, 1.82) is 0 Å². The third kappa shape index (κ3) is 3.67. The average molecular weight is 240 g/mol. The van der Waals surface area contributed by atoms with E-state index < -0.39 is 0 Å². The highest BCUT2D eigenvalue weighted by molar-refractivity contribution is 4.87. The lowest BCUT2D eigenvalue weighted by Gasteiger charge is -2.44. The van der Waals surface area contributed by atoms with E-state index in [1.54, 1.807) is 0 Å². The van der Waals surface area contributed by atoms with E-state index in [2.05, 4.69) is 31.0 Å². The first-order chi connectivity index (χ1) is 8.11. The summed E-state index contributed by atoms with van der Waals surface area (Å²) in [4.78, 5) is 2.66. The summed E-state index contributed by atoms with van der Waals surface area (Å²) in [6, 6.07) is 1.57. The van der Waals surface area contributed by atoms with Crippen LogP contribution < -0.4 is 5.32 Å². The predicted octanol–water partition coefficient (Wildman–Crippen LogP) is 2.02.